The first-order valence-corrected chi connectivity index (χ1v) is 9.43. The molecule has 144 valence electrons. The second-order valence-corrected chi connectivity index (χ2v) is 6.79. The summed E-state index contributed by atoms with van der Waals surface area (Å²) in [6, 6.07) is 18.1. The number of carbonyl (C=O) groups excluding carboxylic acids is 1. The van der Waals surface area contributed by atoms with E-state index >= 15 is 0 Å². The van der Waals surface area contributed by atoms with E-state index in [0.29, 0.717) is 12.5 Å². The Bertz CT molecular complexity index is 747. The Morgan fingerprint density at radius 3 is 2.26 bits per heavy atom. The van der Waals surface area contributed by atoms with Gasteiger partial charge in [-0.15, -0.1) is 0 Å². The van der Waals surface area contributed by atoms with Gasteiger partial charge in [-0.1, -0.05) is 60.1 Å². The van der Waals surface area contributed by atoms with Crippen molar-refractivity contribution in [2.45, 2.75) is 12.8 Å². The molecule has 0 spiro atoms. The van der Waals surface area contributed by atoms with Gasteiger partial charge in [0.15, 0.2) is 5.96 Å². The summed E-state index contributed by atoms with van der Waals surface area (Å²) >= 11 is 6.20. The normalized spacial score (nSPS) is 11.1. The van der Waals surface area contributed by atoms with Gasteiger partial charge in [0, 0.05) is 32.2 Å². The zero-order valence-corrected chi connectivity index (χ0v) is 16.7. The number of benzene rings is 2. The maximum absolute atomic E-state index is 11.8. The van der Waals surface area contributed by atoms with Crippen molar-refractivity contribution >= 4 is 23.5 Å². The smallest absolute Gasteiger partial charge is 0.243 e. The minimum atomic E-state index is -0.0368. The summed E-state index contributed by atoms with van der Waals surface area (Å²) in [5.41, 5.74) is 2.34. The molecule has 0 aromatic heterocycles. The Balaban J connectivity index is 1.89. The van der Waals surface area contributed by atoms with Gasteiger partial charge in [0.1, 0.15) is 6.54 Å². The third-order valence-corrected chi connectivity index (χ3v) is 4.43. The van der Waals surface area contributed by atoms with Gasteiger partial charge in [0.2, 0.25) is 5.91 Å². The fourth-order valence-electron chi connectivity index (χ4n) is 2.45. The lowest BCUT2D eigenvalue weighted by Gasteiger charge is -2.14. The Hall–Kier alpha value is -2.53. The lowest BCUT2D eigenvalue weighted by atomic mass is 10.1. The van der Waals surface area contributed by atoms with Crippen LogP contribution in [0.2, 0.25) is 5.02 Å². The highest BCUT2D eigenvalue weighted by atomic mass is 35.5. The third-order valence-electron chi connectivity index (χ3n) is 4.06. The molecule has 0 aliphatic heterocycles. The zero-order chi connectivity index (χ0) is 19.5. The van der Waals surface area contributed by atoms with Gasteiger partial charge in [0.05, 0.1) is 0 Å². The number of rotatable bonds is 8. The van der Waals surface area contributed by atoms with Gasteiger partial charge in [-0.25, -0.2) is 4.99 Å². The maximum Gasteiger partial charge on any atom is 0.243 e. The highest BCUT2D eigenvalue weighted by molar-refractivity contribution is 6.31. The molecule has 27 heavy (non-hydrogen) atoms. The number of hydrogen-bond acceptors (Lipinski definition) is 2. The fraction of sp³-hybridized carbons (Fsp3) is 0.333. The topological polar surface area (TPSA) is 56.7 Å². The molecule has 0 heterocycles. The zero-order valence-electron chi connectivity index (χ0n) is 15.9. The van der Waals surface area contributed by atoms with Crippen molar-refractivity contribution in [1.29, 1.82) is 0 Å². The summed E-state index contributed by atoms with van der Waals surface area (Å²) in [6.45, 7) is 1.52. The van der Waals surface area contributed by atoms with Crippen LogP contribution in [0.25, 0.3) is 0 Å². The van der Waals surface area contributed by atoms with Crippen molar-refractivity contribution in [3.63, 3.8) is 0 Å². The molecule has 0 aliphatic rings. The van der Waals surface area contributed by atoms with E-state index < -0.39 is 0 Å². The van der Waals surface area contributed by atoms with Crippen molar-refractivity contribution in [2.24, 2.45) is 4.99 Å². The van der Waals surface area contributed by atoms with Crippen LogP contribution in [0, 0.1) is 0 Å². The van der Waals surface area contributed by atoms with Crippen molar-refractivity contribution in [1.82, 2.24) is 15.5 Å². The second kappa shape index (κ2) is 11.2. The highest BCUT2D eigenvalue weighted by Gasteiger charge is 2.05. The van der Waals surface area contributed by atoms with Gasteiger partial charge < -0.3 is 15.5 Å². The Kier molecular flexibility index (Phi) is 8.65. The average molecular weight is 387 g/mol. The van der Waals surface area contributed by atoms with Gasteiger partial charge in [0.25, 0.3) is 0 Å². The molecule has 0 aliphatic carbocycles. The van der Waals surface area contributed by atoms with Crippen LogP contribution in [-0.2, 0) is 17.6 Å². The van der Waals surface area contributed by atoms with Crippen LogP contribution in [-0.4, -0.2) is 50.5 Å². The summed E-state index contributed by atoms with van der Waals surface area (Å²) in [4.78, 5) is 17.8. The van der Waals surface area contributed by atoms with Crippen LogP contribution < -0.4 is 10.6 Å². The lowest BCUT2D eigenvalue weighted by molar-refractivity contribution is -0.127. The average Bonchev–Trinajstić information content (AvgIpc) is 2.67. The number of amides is 1. The van der Waals surface area contributed by atoms with Gasteiger partial charge in [-0.2, -0.15) is 0 Å². The highest BCUT2D eigenvalue weighted by Crippen LogP contribution is 2.14. The summed E-state index contributed by atoms with van der Waals surface area (Å²) in [5.74, 6) is 0.596. The number of carbonyl (C=O) groups is 1. The summed E-state index contributed by atoms with van der Waals surface area (Å²) in [6.07, 6.45) is 1.66. The van der Waals surface area contributed by atoms with Crippen LogP contribution in [0.15, 0.2) is 59.6 Å². The molecule has 0 unspecified atom stereocenters. The summed E-state index contributed by atoms with van der Waals surface area (Å²) in [7, 11) is 3.45. The van der Waals surface area contributed by atoms with Crippen molar-refractivity contribution < 1.29 is 4.79 Å². The van der Waals surface area contributed by atoms with E-state index in [1.54, 1.807) is 14.1 Å². The molecule has 0 bridgehead atoms. The standard InChI is InChI=1S/C21H27ClN4O/c1-26(2)20(27)16-25-21(23-14-12-17-8-4-3-5-9-17)24-15-13-18-10-6-7-11-19(18)22/h3-11H,12-16H2,1-2H3,(H2,23,24,25). The van der Waals surface area contributed by atoms with Gasteiger partial charge >= 0.3 is 0 Å². The second-order valence-electron chi connectivity index (χ2n) is 6.38. The number of hydrogen-bond donors (Lipinski definition) is 2. The number of aliphatic imine (C=N–C) groups is 1. The monoisotopic (exact) mass is 386 g/mol. The molecule has 0 saturated carbocycles. The lowest BCUT2D eigenvalue weighted by Crippen LogP contribution is -2.40. The van der Waals surface area contributed by atoms with Crippen LogP contribution >= 0.6 is 11.6 Å². The predicted molar refractivity (Wildman–Crippen MR) is 112 cm³/mol. The Morgan fingerprint density at radius 1 is 0.963 bits per heavy atom. The maximum atomic E-state index is 11.8. The van der Waals surface area contributed by atoms with E-state index in [0.717, 1.165) is 30.0 Å². The van der Waals surface area contributed by atoms with Crippen molar-refractivity contribution in [3.8, 4) is 0 Å². The minimum absolute atomic E-state index is 0.0368. The van der Waals surface area contributed by atoms with Crippen LogP contribution in [0.5, 0.6) is 0 Å². The van der Waals surface area contributed by atoms with E-state index in [2.05, 4.69) is 27.8 Å². The Labute approximate surface area is 166 Å². The Morgan fingerprint density at radius 2 is 1.59 bits per heavy atom. The molecule has 2 N–H and O–H groups in total. The number of nitrogens with zero attached hydrogens (tertiary/aromatic N) is 2. The van der Waals surface area contributed by atoms with E-state index in [-0.39, 0.29) is 12.5 Å². The molecule has 0 fully saturated rings. The molecule has 2 aromatic carbocycles. The summed E-state index contributed by atoms with van der Waals surface area (Å²) in [5, 5.41) is 7.35. The van der Waals surface area contributed by atoms with E-state index in [4.69, 9.17) is 11.6 Å². The number of halogens is 1. The van der Waals surface area contributed by atoms with Gasteiger partial charge in [-0.3, -0.25) is 4.79 Å². The van der Waals surface area contributed by atoms with E-state index in [1.807, 2.05) is 42.5 Å². The quantitative estimate of drug-likeness (QED) is 0.541. The molecule has 2 rings (SSSR count). The molecular weight excluding hydrogens is 360 g/mol. The first-order chi connectivity index (χ1) is 13.1. The van der Waals surface area contributed by atoms with Crippen molar-refractivity contribution in [2.75, 3.05) is 33.7 Å². The fourth-order valence-corrected chi connectivity index (χ4v) is 2.68. The van der Waals surface area contributed by atoms with Crippen molar-refractivity contribution in [3.05, 3.63) is 70.7 Å². The van der Waals surface area contributed by atoms with E-state index in [9.17, 15) is 4.79 Å². The first-order valence-electron chi connectivity index (χ1n) is 9.06. The van der Waals surface area contributed by atoms with E-state index in [1.165, 1.54) is 10.5 Å². The molecule has 0 atom stereocenters. The minimum Gasteiger partial charge on any atom is -0.356 e. The van der Waals surface area contributed by atoms with Gasteiger partial charge in [-0.05, 0) is 30.0 Å². The predicted octanol–water partition coefficient (Wildman–Crippen LogP) is 2.75. The third kappa shape index (κ3) is 7.71. The number of nitrogens with one attached hydrogen (secondary N) is 2. The van der Waals surface area contributed by atoms with Crippen LogP contribution in [0.3, 0.4) is 0 Å². The molecule has 5 nitrogen and oxygen atoms in total. The largest absolute Gasteiger partial charge is 0.356 e. The SMILES string of the molecule is CN(C)C(=O)CN=C(NCCc1ccccc1)NCCc1ccccc1Cl. The van der Waals surface area contributed by atoms with Crippen LogP contribution in [0.4, 0.5) is 0 Å². The number of likely N-dealkylation sites (N-methyl/N-ethyl adjacent to an activating group) is 1. The first kappa shape index (κ1) is 20.8. The molecule has 2 aromatic rings. The number of guanidine groups is 1. The molecule has 0 radical (unpaired) electrons. The molecule has 1 amide bonds. The summed E-state index contributed by atoms with van der Waals surface area (Å²) < 4.78 is 0. The molecule has 0 saturated heterocycles. The molecular formula is C21H27ClN4O. The molecule has 6 heteroatoms. The van der Waals surface area contributed by atoms with Crippen LogP contribution in [0.1, 0.15) is 11.1 Å².